The van der Waals surface area contributed by atoms with Crippen molar-refractivity contribution in [1.82, 2.24) is 0 Å². The number of nitrogens with one attached hydrogen (secondary N) is 1. The van der Waals surface area contributed by atoms with Crippen LogP contribution in [0.4, 0.5) is 22.7 Å². The summed E-state index contributed by atoms with van der Waals surface area (Å²) in [5, 5.41) is 24.5. The van der Waals surface area contributed by atoms with Crippen LogP contribution in [-0.4, -0.2) is 42.1 Å². The van der Waals surface area contributed by atoms with Crippen LogP contribution in [0.25, 0.3) is 0 Å². The van der Waals surface area contributed by atoms with E-state index in [1.165, 1.54) is 6.07 Å². The zero-order valence-corrected chi connectivity index (χ0v) is 14.2. The second-order valence-corrected chi connectivity index (χ2v) is 5.82. The standard InChI is InChI=1S/C17H16N4O6/c22-17(12-1-6-15(20(23)24)16(11-12)21(25)26)18-13-2-4-14(5-3-13)19-7-9-27-10-8-19/h1-6,11H,7-10H2,(H,18,22). The molecule has 1 amide bonds. The number of nitro benzene ring substituents is 2. The highest BCUT2D eigenvalue weighted by atomic mass is 16.6. The predicted octanol–water partition coefficient (Wildman–Crippen LogP) is 2.59. The molecule has 0 bridgehead atoms. The normalized spacial score (nSPS) is 13.9. The fourth-order valence-corrected chi connectivity index (χ4v) is 2.75. The molecule has 1 heterocycles. The van der Waals surface area contributed by atoms with Crippen LogP contribution in [0.5, 0.6) is 0 Å². The molecule has 0 spiro atoms. The van der Waals surface area contributed by atoms with Gasteiger partial charge in [-0.2, -0.15) is 0 Å². The average Bonchev–Trinajstić information content (AvgIpc) is 2.68. The molecule has 1 N–H and O–H groups in total. The molecule has 1 aliphatic rings. The van der Waals surface area contributed by atoms with Gasteiger partial charge in [-0.1, -0.05) is 0 Å². The van der Waals surface area contributed by atoms with Crippen LogP contribution in [0.2, 0.25) is 0 Å². The van der Waals surface area contributed by atoms with Crippen LogP contribution in [-0.2, 0) is 4.74 Å². The number of nitro groups is 2. The summed E-state index contributed by atoms with van der Waals surface area (Å²) in [6.45, 7) is 2.91. The van der Waals surface area contributed by atoms with Crippen LogP contribution < -0.4 is 10.2 Å². The summed E-state index contributed by atoms with van der Waals surface area (Å²) in [6.07, 6.45) is 0. The Hall–Kier alpha value is -3.53. The van der Waals surface area contributed by atoms with E-state index in [0.717, 1.165) is 30.9 Å². The minimum Gasteiger partial charge on any atom is -0.378 e. The van der Waals surface area contributed by atoms with Crippen LogP contribution >= 0.6 is 0 Å². The van der Waals surface area contributed by atoms with Crippen molar-refractivity contribution in [1.29, 1.82) is 0 Å². The summed E-state index contributed by atoms with van der Waals surface area (Å²) in [7, 11) is 0. The third-order valence-corrected chi connectivity index (χ3v) is 4.13. The SMILES string of the molecule is O=C(Nc1ccc(N2CCOCC2)cc1)c1ccc([N+](=O)[O-])c([N+](=O)[O-])c1. The molecule has 10 heteroatoms. The Labute approximate surface area is 153 Å². The quantitative estimate of drug-likeness (QED) is 0.631. The number of morpholine rings is 1. The summed E-state index contributed by atoms with van der Waals surface area (Å²) >= 11 is 0. The van der Waals surface area contributed by atoms with E-state index in [1.807, 2.05) is 12.1 Å². The number of anilines is 2. The second-order valence-electron chi connectivity index (χ2n) is 5.82. The fraction of sp³-hybridized carbons (Fsp3) is 0.235. The minimum absolute atomic E-state index is 0.0374. The summed E-state index contributed by atoms with van der Waals surface area (Å²) in [5.74, 6) is -0.591. The number of carbonyl (C=O) groups excluding carboxylic acids is 1. The molecule has 0 aromatic heterocycles. The molecule has 0 atom stereocenters. The number of rotatable bonds is 5. The second kappa shape index (κ2) is 7.79. The summed E-state index contributed by atoms with van der Waals surface area (Å²) in [5.41, 5.74) is 0.0894. The Morgan fingerprint density at radius 2 is 1.59 bits per heavy atom. The van der Waals surface area contributed by atoms with E-state index in [1.54, 1.807) is 12.1 Å². The molecule has 10 nitrogen and oxygen atoms in total. The Morgan fingerprint density at radius 1 is 0.963 bits per heavy atom. The van der Waals surface area contributed by atoms with Crippen LogP contribution in [0.15, 0.2) is 42.5 Å². The maximum Gasteiger partial charge on any atom is 0.346 e. The monoisotopic (exact) mass is 372 g/mol. The van der Waals surface area contributed by atoms with Crippen molar-refractivity contribution in [3.05, 3.63) is 68.3 Å². The Morgan fingerprint density at radius 3 is 2.19 bits per heavy atom. The molecule has 2 aromatic carbocycles. The maximum absolute atomic E-state index is 12.3. The van der Waals surface area contributed by atoms with Gasteiger partial charge in [0.15, 0.2) is 0 Å². The largest absolute Gasteiger partial charge is 0.378 e. The van der Waals surface area contributed by atoms with Crippen molar-refractivity contribution in [3.8, 4) is 0 Å². The first-order chi connectivity index (χ1) is 13.0. The molecule has 1 saturated heterocycles. The van der Waals surface area contributed by atoms with Crippen molar-refractivity contribution in [2.24, 2.45) is 0 Å². The molecule has 3 rings (SSSR count). The zero-order chi connectivity index (χ0) is 19.4. The van der Waals surface area contributed by atoms with Gasteiger partial charge in [0.2, 0.25) is 0 Å². The number of carbonyl (C=O) groups is 1. The van der Waals surface area contributed by atoms with Gasteiger partial charge in [-0.25, -0.2) is 0 Å². The maximum atomic E-state index is 12.3. The lowest BCUT2D eigenvalue weighted by Gasteiger charge is -2.28. The number of amides is 1. The van der Waals surface area contributed by atoms with Crippen LogP contribution in [0.1, 0.15) is 10.4 Å². The lowest BCUT2D eigenvalue weighted by atomic mass is 10.1. The van der Waals surface area contributed by atoms with Gasteiger partial charge in [0.05, 0.1) is 23.1 Å². The van der Waals surface area contributed by atoms with E-state index in [-0.39, 0.29) is 5.56 Å². The number of hydrogen-bond donors (Lipinski definition) is 1. The number of benzene rings is 2. The predicted molar refractivity (Wildman–Crippen MR) is 97.2 cm³/mol. The van der Waals surface area contributed by atoms with E-state index >= 15 is 0 Å². The van der Waals surface area contributed by atoms with Gasteiger partial charge >= 0.3 is 11.4 Å². The average molecular weight is 372 g/mol. The van der Waals surface area contributed by atoms with Crippen molar-refractivity contribution in [3.63, 3.8) is 0 Å². The van der Waals surface area contributed by atoms with Crippen molar-refractivity contribution in [2.45, 2.75) is 0 Å². The van der Waals surface area contributed by atoms with E-state index in [0.29, 0.717) is 18.9 Å². The molecular weight excluding hydrogens is 356 g/mol. The Kier molecular flexibility index (Phi) is 5.27. The molecule has 0 unspecified atom stereocenters. The molecule has 1 aliphatic heterocycles. The van der Waals surface area contributed by atoms with Gasteiger partial charge in [0, 0.05) is 42.2 Å². The lowest BCUT2D eigenvalue weighted by molar-refractivity contribution is -0.422. The summed E-state index contributed by atoms with van der Waals surface area (Å²) in [6, 6.07) is 10.2. The van der Waals surface area contributed by atoms with E-state index < -0.39 is 27.1 Å². The minimum atomic E-state index is -0.883. The van der Waals surface area contributed by atoms with Gasteiger partial charge in [-0.15, -0.1) is 0 Å². The molecule has 0 aliphatic carbocycles. The van der Waals surface area contributed by atoms with Crippen molar-refractivity contribution < 1.29 is 19.4 Å². The van der Waals surface area contributed by atoms with Crippen LogP contribution in [0, 0.1) is 20.2 Å². The third-order valence-electron chi connectivity index (χ3n) is 4.13. The smallest absolute Gasteiger partial charge is 0.346 e. The van der Waals surface area contributed by atoms with Crippen molar-refractivity contribution >= 4 is 28.7 Å². The highest BCUT2D eigenvalue weighted by molar-refractivity contribution is 6.05. The number of ether oxygens (including phenoxy) is 1. The van der Waals surface area contributed by atoms with Gasteiger partial charge in [0.25, 0.3) is 5.91 Å². The topological polar surface area (TPSA) is 128 Å². The van der Waals surface area contributed by atoms with Gasteiger partial charge in [-0.05, 0) is 30.3 Å². The van der Waals surface area contributed by atoms with Gasteiger partial charge in [-0.3, -0.25) is 25.0 Å². The van der Waals surface area contributed by atoms with Crippen molar-refractivity contribution in [2.75, 3.05) is 36.5 Å². The summed E-state index contributed by atoms with van der Waals surface area (Å²) in [4.78, 5) is 34.6. The third kappa shape index (κ3) is 4.18. The van der Waals surface area contributed by atoms with Gasteiger partial charge < -0.3 is 15.0 Å². The first-order valence-corrected chi connectivity index (χ1v) is 8.12. The Bertz CT molecular complexity index is 877. The van der Waals surface area contributed by atoms with E-state index in [9.17, 15) is 25.0 Å². The molecule has 27 heavy (non-hydrogen) atoms. The van der Waals surface area contributed by atoms with E-state index in [2.05, 4.69) is 10.2 Å². The van der Waals surface area contributed by atoms with Gasteiger partial charge in [0.1, 0.15) is 0 Å². The molecule has 0 saturated carbocycles. The first kappa shape index (κ1) is 18.3. The Balaban J connectivity index is 1.74. The summed E-state index contributed by atoms with van der Waals surface area (Å²) < 4.78 is 5.31. The fourth-order valence-electron chi connectivity index (χ4n) is 2.75. The first-order valence-electron chi connectivity index (χ1n) is 8.12. The molecule has 1 fully saturated rings. The molecular formula is C17H16N4O6. The van der Waals surface area contributed by atoms with Crippen LogP contribution in [0.3, 0.4) is 0 Å². The highest BCUT2D eigenvalue weighted by Crippen LogP contribution is 2.28. The number of nitrogens with zero attached hydrogens (tertiary/aromatic N) is 3. The zero-order valence-electron chi connectivity index (χ0n) is 14.2. The number of hydrogen-bond acceptors (Lipinski definition) is 7. The molecule has 2 aromatic rings. The molecule has 0 radical (unpaired) electrons. The molecule has 140 valence electrons. The lowest BCUT2D eigenvalue weighted by Crippen LogP contribution is -2.36. The van der Waals surface area contributed by atoms with E-state index in [4.69, 9.17) is 4.74 Å². The highest BCUT2D eigenvalue weighted by Gasteiger charge is 2.25.